The third kappa shape index (κ3) is 9.56. The molecule has 0 spiro atoms. The summed E-state index contributed by atoms with van der Waals surface area (Å²) in [5.74, 6) is 0. The van der Waals surface area contributed by atoms with E-state index >= 15 is 0 Å². The van der Waals surface area contributed by atoms with Gasteiger partial charge in [-0.3, -0.25) is 4.21 Å². The monoisotopic (exact) mass is 686 g/mol. The summed E-state index contributed by atoms with van der Waals surface area (Å²) in [5.41, 5.74) is 9.53. The van der Waals surface area contributed by atoms with Crippen LogP contribution in [0.3, 0.4) is 0 Å². The third-order valence-electron chi connectivity index (χ3n) is 8.56. The molecule has 0 unspecified atom stereocenters. The molecule has 0 N–H and O–H groups in total. The van der Waals surface area contributed by atoms with E-state index in [-0.39, 0.29) is 38.7 Å². The summed E-state index contributed by atoms with van der Waals surface area (Å²) in [6, 6.07) is 38.2. The zero-order chi connectivity index (χ0) is 34.1. The van der Waals surface area contributed by atoms with E-state index in [9.17, 15) is 4.21 Å². The molecular weight excluding hydrogens is 632 g/mol. The molecule has 0 bridgehead atoms. The fraction of sp³-hybridized carbons (Fsp3) is 0.364. The normalized spacial score (nSPS) is 12.9. The summed E-state index contributed by atoms with van der Waals surface area (Å²) in [5, 5.41) is 0. The fourth-order valence-corrected chi connectivity index (χ4v) is 6.81. The minimum absolute atomic E-state index is 0. The predicted molar refractivity (Wildman–Crippen MR) is 201 cm³/mol. The molecule has 0 radical (unpaired) electrons. The first-order chi connectivity index (χ1) is 21.3. The van der Waals surface area contributed by atoms with Gasteiger partial charge in [-0.2, -0.15) is 18.2 Å². The van der Waals surface area contributed by atoms with Crippen molar-refractivity contribution in [3.63, 3.8) is 0 Å². The minimum atomic E-state index is -1.35. The fourth-order valence-electron chi connectivity index (χ4n) is 5.40. The van der Waals surface area contributed by atoms with Gasteiger partial charge in [-0.1, -0.05) is 153 Å². The van der Waals surface area contributed by atoms with Crippen molar-refractivity contribution in [2.45, 2.75) is 115 Å². The van der Waals surface area contributed by atoms with Crippen LogP contribution >= 0.6 is 0 Å². The molecule has 5 aromatic rings. The van der Waals surface area contributed by atoms with Gasteiger partial charge in [0.1, 0.15) is 0 Å². The van der Waals surface area contributed by atoms with E-state index in [1.165, 1.54) is 22.3 Å². The molecular formula is C44H54FeOS. The number of rotatable bonds is 4. The van der Waals surface area contributed by atoms with Crippen molar-refractivity contribution in [3.05, 3.63) is 131 Å². The van der Waals surface area contributed by atoms with Gasteiger partial charge >= 0.3 is 17.1 Å². The molecule has 0 aliphatic carbocycles. The summed E-state index contributed by atoms with van der Waals surface area (Å²) in [7, 11) is -1.35. The van der Waals surface area contributed by atoms with E-state index in [4.69, 9.17) is 0 Å². The second-order valence-corrected chi connectivity index (χ2v) is 18.0. The van der Waals surface area contributed by atoms with Crippen molar-refractivity contribution in [1.82, 2.24) is 0 Å². The molecule has 3 heteroatoms. The van der Waals surface area contributed by atoms with Gasteiger partial charge in [0.15, 0.2) is 0 Å². The Morgan fingerprint density at radius 1 is 0.553 bits per heavy atom. The van der Waals surface area contributed by atoms with E-state index in [2.05, 4.69) is 132 Å². The van der Waals surface area contributed by atoms with Crippen LogP contribution in [0.5, 0.6) is 0 Å². The van der Waals surface area contributed by atoms with E-state index in [0.29, 0.717) is 0 Å². The van der Waals surface area contributed by atoms with Crippen LogP contribution in [0.4, 0.5) is 0 Å². The summed E-state index contributed by atoms with van der Waals surface area (Å²) < 4.78 is 14.5. The molecule has 0 fully saturated rings. The average Bonchev–Trinajstić information content (AvgIpc) is 3.69. The molecule has 5 aromatic carbocycles. The first kappa shape index (κ1) is 38.5. The molecule has 5 rings (SSSR count). The van der Waals surface area contributed by atoms with Crippen LogP contribution in [0.1, 0.15) is 105 Å². The number of hydrogen-bond donors (Lipinski definition) is 0. The quantitative estimate of drug-likeness (QED) is 0.136. The average molecular weight is 687 g/mol. The van der Waals surface area contributed by atoms with Crippen molar-refractivity contribution in [3.8, 4) is 22.3 Å². The van der Waals surface area contributed by atoms with E-state index in [1.54, 1.807) is 0 Å². The van der Waals surface area contributed by atoms with Crippen LogP contribution < -0.4 is 0 Å². The standard InChI is InChI=1S/C39H49OS.C5H5.Fe/c1-36(2,3)28-20-26(21-29(24-28)37(4,5)6)33-18-19-34(35(33)41(40)32-16-14-13-15-17-32)27-22-30(38(7,8)9)25-31(23-27)39(10,11)12;1-2-4-5-3-1;/h13-25H,1-12H3;1-5H;/q2*-1;+2/t41-;;/m0../s1. The molecule has 0 aromatic heterocycles. The Kier molecular flexibility index (Phi) is 12.0. The van der Waals surface area contributed by atoms with Gasteiger partial charge in [0.2, 0.25) is 0 Å². The minimum Gasteiger partial charge on any atom is -0.250 e. The van der Waals surface area contributed by atoms with Gasteiger partial charge in [-0.05, 0) is 49.8 Å². The van der Waals surface area contributed by atoms with Crippen LogP contribution in [0.25, 0.3) is 22.3 Å². The van der Waals surface area contributed by atoms with E-state index in [1.807, 2.05) is 60.7 Å². The Labute approximate surface area is 298 Å². The SMILES string of the molecule is CC(C)(C)c1cc(-c2cc[c-](-c3cc(C(C)(C)C)cc(C(C)(C)C)c3)c2[S@@](=O)c2ccccc2)cc(C(C)(C)C)c1.[Fe+2].c1cc[cH-]c1. The Morgan fingerprint density at radius 2 is 0.979 bits per heavy atom. The molecule has 47 heavy (non-hydrogen) atoms. The van der Waals surface area contributed by atoms with Crippen LogP contribution in [0.15, 0.2) is 119 Å². The second-order valence-electron chi connectivity index (χ2n) is 16.6. The van der Waals surface area contributed by atoms with Gasteiger partial charge in [-0.15, -0.1) is 29.8 Å². The van der Waals surface area contributed by atoms with Crippen molar-refractivity contribution in [2.75, 3.05) is 0 Å². The zero-order valence-electron chi connectivity index (χ0n) is 30.6. The topological polar surface area (TPSA) is 17.1 Å². The summed E-state index contributed by atoms with van der Waals surface area (Å²) >= 11 is 0. The van der Waals surface area contributed by atoms with Crippen molar-refractivity contribution >= 4 is 10.8 Å². The Hall–Kier alpha value is -2.97. The smallest absolute Gasteiger partial charge is 0.250 e. The summed E-state index contributed by atoms with van der Waals surface area (Å²) in [6.07, 6.45) is 0. The van der Waals surface area contributed by atoms with Crippen LogP contribution in [0, 0.1) is 0 Å². The predicted octanol–water partition coefficient (Wildman–Crippen LogP) is 12.5. The van der Waals surface area contributed by atoms with Gasteiger partial charge in [0.05, 0.1) is 10.8 Å². The molecule has 1 nitrogen and oxygen atoms in total. The second kappa shape index (κ2) is 14.7. The van der Waals surface area contributed by atoms with Crippen LogP contribution in [-0.2, 0) is 49.5 Å². The maximum atomic E-state index is 14.5. The zero-order valence-corrected chi connectivity index (χ0v) is 32.5. The number of benzene rings is 3. The molecule has 0 saturated carbocycles. The van der Waals surface area contributed by atoms with Crippen LogP contribution in [0.2, 0.25) is 0 Å². The maximum absolute atomic E-state index is 14.5. The summed E-state index contributed by atoms with van der Waals surface area (Å²) in [6.45, 7) is 27.2. The molecule has 0 aliphatic heterocycles. The molecule has 0 aliphatic rings. The van der Waals surface area contributed by atoms with Crippen molar-refractivity contribution in [1.29, 1.82) is 0 Å². The van der Waals surface area contributed by atoms with Gasteiger partial charge in [-0.25, -0.2) is 12.1 Å². The molecule has 0 saturated heterocycles. The molecule has 250 valence electrons. The number of hydrogen-bond acceptors (Lipinski definition) is 1. The largest absolute Gasteiger partial charge is 2.00 e. The van der Waals surface area contributed by atoms with Gasteiger partial charge < -0.3 is 0 Å². The molecule has 1 atom stereocenters. The first-order valence-electron chi connectivity index (χ1n) is 16.5. The van der Waals surface area contributed by atoms with Gasteiger partial charge in [0.25, 0.3) is 0 Å². The Morgan fingerprint density at radius 3 is 1.36 bits per heavy atom. The summed E-state index contributed by atoms with van der Waals surface area (Å²) in [4.78, 5) is 1.72. The van der Waals surface area contributed by atoms with Crippen molar-refractivity contribution < 1.29 is 21.3 Å². The third-order valence-corrected chi connectivity index (χ3v) is 10.1. The molecule has 0 heterocycles. The Bertz CT molecular complexity index is 1590. The Balaban J connectivity index is 0.000000913. The van der Waals surface area contributed by atoms with E-state index < -0.39 is 10.8 Å². The van der Waals surface area contributed by atoms with Gasteiger partial charge in [0, 0.05) is 4.90 Å². The van der Waals surface area contributed by atoms with E-state index in [0.717, 1.165) is 32.0 Å². The van der Waals surface area contributed by atoms with Crippen LogP contribution in [-0.4, -0.2) is 4.21 Å². The van der Waals surface area contributed by atoms with Crippen molar-refractivity contribution in [2.24, 2.45) is 0 Å². The first-order valence-corrected chi connectivity index (χ1v) is 17.7. The maximum Gasteiger partial charge on any atom is 2.00 e. The molecule has 0 amide bonds.